The average Bonchev–Trinajstić information content (AvgIpc) is 3.01. The Bertz CT molecular complexity index is 769. The Morgan fingerprint density at radius 1 is 0.955 bits per heavy atom. The molecule has 0 aliphatic carbocycles. The Morgan fingerprint density at radius 2 is 1.50 bits per heavy atom. The molecule has 0 radical (unpaired) electrons. The van der Waals surface area contributed by atoms with Crippen molar-refractivity contribution < 1.29 is 39.5 Å². The number of aromatic nitrogens is 1. The molecule has 0 fully saturated rings. The summed E-state index contributed by atoms with van der Waals surface area (Å²) in [6.07, 6.45) is 0. The Balaban J connectivity index is 2.31. The van der Waals surface area contributed by atoms with Crippen LogP contribution in [0.3, 0.4) is 0 Å². The van der Waals surface area contributed by atoms with Crippen molar-refractivity contribution in [3.8, 4) is 28.7 Å². The first-order valence-corrected chi connectivity index (χ1v) is 5.95. The van der Waals surface area contributed by atoms with Gasteiger partial charge in [0, 0.05) is 6.07 Å². The van der Waals surface area contributed by atoms with Crippen molar-refractivity contribution in [2.24, 2.45) is 0 Å². The fraction of sp³-hybridized carbons (Fsp3) is 0.0769. The van der Waals surface area contributed by atoms with Crippen molar-refractivity contribution in [1.82, 2.24) is 4.57 Å². The van der Waals surface area contributed by atoms with Crippen LogP contribution in [0.2, 0.25) is 0 Å². The van der Waals surface area contributed by atoms with Gasteiger partial charge in [-0.25, -0.2) is 9.59 Å². The van der Waals surface area contributed by atoms with Gasteiger partial charge in [-0.05, 0) is 12.1 Å². The summed E-state index contributed by atoms with van der Waals surface area (Å²) in [5.74, 6) is -4.54. The van der Waals surface area contributed by atoms with E-state index in [9.17, 15) is 30.0 Å². The first-order chi connectivity index (χ1) is 10.4. The van der Waals surface area contributed by atoms with Gasteiger partial charge in [-0.2, -0.15) is 0 Å². The van der Waals surface area contributed by atoms with Crippen LogP contribution in [0.15, 0.2) is 18.2 Å². The van der Waals surface area contributed by atoms with E-state index in [1.165, 1.54) is 18.2 Å². The van der Waals surface area contributed by atoms with Gasteiger partial charge in [0.25, 0.3) is 0 Å². The van der Waals surface area contributed by atoms with E-state index in [1.54, 1.807) is 0 Å². The van der Waals surface area contributed by atoms with Gasteiger partial charge >= 0.3 is 11.9 Å². The Labute approximate surface area is 122 Å². The number of hydrogen-bond acceptors (Lipinski definition) is 6. The second-order valence-corrected chi connectivity index (χ2v) is 4.38. The van der Waals surface area contributed by atoms with E-state index in [0.29, 0.717) is 5.75 Å². The summed E-state index contributed by atoms with van der Waals surface area (Å²) in [5, 5.41) is 37.8. The van der Waals surface area contributed by atoms with Crippen LogP contribution >= 0.6 is 0 Å². The van der Waals surface area contributed by atoms with E-state index in [2.05, 4.69) is 0 Å². The summed E-state index contributed by atoms with van der Waals surface area (Å²) in [6.45, 7) is -0.0153. The van der Waals surface area contributed by atoms with Gasteiger partial charge in [-0.1, -0.05) is 0 Å². The quantitative estimate of drug-likeness (QED) is 0.659. The molecule has 22 heavy (non-hydrogen) atoms. The van der Waals surface area contributed by atoms with E-state index < -0.39 is 34.8 Å². The maximum atomic E-state index is 11.3. The van der Waals surface area contributed by atoms with Gasteiger partial charge in [0.1, 0.15) is 0 Å². The maximum Gasteiger partial charge on any atom is 0.356 e. The summed E-state index contributed by atoms with van der Waals surface area (Å²) >= 11 is 0. The highest BCUT2D eigenvalue weighted by atomic mass is 16.7. The van der Waals surface area contributed by atoms with Crippen LogP contribution in [0.4, 0.5) is 0 Å². The molecule has 0 atom stereocenters. The van der Waals surface area contributed by atoms with E-state index in [1.807, 2.05) is 0 Å². The summed E-state index contributed by atoms with van der Waals surface area (Å²) in [4.78, 5) is 22.6. The van der Waals surface area contributed by atoms with Gasteiger partial charge in [-0.3, -0.25) is 4.57 Å². The number of aromatic hydroxyl groups is 2. The molecule has 3 rings (SSSR count). The number of carboxylic acids is 2. The van der Waals surface area contributed by atoms with Crippen LogP contribution in [-0.2, 0) is 0 Å². The first-order valence-electron chi connectivity index (χ1n) is 5.95. The fourth-order valence-corrected chi connectivity index (χ4v) is 2.22. The molecule has 1 aliphatic rings. The van der Waals surface area contributed by atoms with Gasteiger partial charge in [0.2, 0.25) is 6.79 Å². The number of hydrogen-bond donors (Lipinski definition) is 4. The molecule has 0 saturated heterocycles. The number of rotatable bonds is 3. The lowest BCUT2D eigenvalue weighted by atomic mass is 10.2. The van der Waals surface area contributed by atoms with Crippen molar-refractivity contribution in [2.75, 3.05) is 6.79 Å². The number of carboxylic acid groups (broad SMARTS) is 2. The molecule has 0 spiro atoms. The molecule has 9 heteroatoms. The van der Waals surface area contributed by atoms with Crippen LogP contribution in [0.25, 0.3) is 5.69 Å². The fourth-order valence-electron chi connectivity index (χ4n) is 2.22. The Morgan fingerprint density at radius 3 is 2.05 bits per heavy atom. The minimum absolute atomic E-state index is 0.0153. The molecule has 0 amide bonds. The van der Waals surface area contributed by atoms with E-state index in [-0.39, 0.29) is 18.2 Å². The van der Waals surface area contributed by atoms with Crippen molar-refractivity contribution in [3.05, 3.63) is 29.6 Å². The maximum absolute atomic E-state index is 11.3. The predicted octanol–water partition coefficient (Wildman–Crippen LogP) is 1.01. The lowest BCUT2D eigenvalue weighted by molar-refractivity contribution is 0.0681. The highest BCUT2D eigenvalue weighted by Gasteiger charge is 2.32. The highest BCUT2D eigenvalue weighted by molar-refractivity contribution is 5.99. The first kappa shape index (κ1) is 13.6. The van der Waals surface area contributed by atoms with Crippen LogP contribution in [0.5, 0.6) is 23.0 Å². The molecule has 0 bridgehead atoms. The molecule has 0 saturated carbocycles. The van der Waals surface area contributed by atoms with Crippen molar-refractivity contribution in [1.29, 1.82) is 0 Å². The molecule has 4 N–H and O–H groups in total. The Hall–Kier alpha value is -3.36. The number of aromatic carboxylic acids is 2. The van der Waals surface area contributed by atoms with Crippen molar-refractivity contribution >= 4 is 11.9 Å². The normalized spacial score (nSPS) is 12.4. The van der Waals surface area contributed by atoms with E-state index in [4.69, 9.17) is 9.47 Å². The molecule has 114 valence electrons. The molecule has 1 aromatic carbocycles. The molecule has 9 nitrogen and oxygen atoms in total. The van der Waals surface area contributed by atoms with Crippen LogP contribution in [-0.4, -0.2) is 43.7 Å². The minimum atomic E-state index is -1.60. The summed E-state index contributed by atoms with van der Waals surface area (Å²) < 4.78 is 11.0. The molecule has 2 heterocycles. The zero-order valence-electron chi connectivity index (χ0n) is 10.8. The molecule has 0 unspecified atom stereocenters. The molecule has 2 aromatic rings. The van der Waals surface area contributed by atoms with Crippen LogP contribution in [0.1, 0.15) is 21.0 Å². The summed E-state index contributed by atoms with van der Waals surface area (Å²) in [7, 11) is 0. The molecule has 1 aliphatic heterocycles. The highest BCUT2D eigenvalue weighted by Crippen LogP contribution is 2.40. The van der Waals surface area contributed by atoms with Crippen LogP contribution < -0.4 is 9.47 Å². The largest absolute Gasteiger partial charge is 0.503 e. The number of benzene rings is 1. The van der Waals surface area contributed by atoms with Crippen LogP contribution in [0, 0.1) is 0 Å². The molecular formula is C13H9NO8. The third kappa shape index (κ3) is 1.79. The van der Waals surface area contributed by atoms with Crippen molar-refractivity contribution in [2.45, 2.75) is 0 Å². The standard InChI is InChI=1S/C13H9NO8/c15-10-8(12(17)18)14(9(11(10)16)13(19)20)5-1-2-6-7(3-5)22-4-21-6/h1-3,15-16H,4H2,(H,17,18)(H,19,20). The number of ether oxygens (including phenoxy) is 2. The second kappa shape index (κ2) is 4.58. The lowest BCUT2D eigenvalue weighted by Crippen LogP contribution is -2.12. The second-order valence-electron chi connectivity index (χ2n) is 4.38. The summed E-state index contributed by atoms with van der Waals surface area (Å²) in [6, 6.07) is 4.19. The summed E-state index contributed by atoms with van der Waals surface area (Å²) in [5.41, 5.74) is -1.46. The number of fused-ring (bicyclic) bond motifs is 1. The monoisotopic (exact) mass is 307 g/mol. The average molecular weight is 307 g/mol. The van der Waals surface area contributed by atoms with Gasteiger partial charge < -0.3 is 29.9 Å². The SMILES string of the molecule is O=C(O)c1c(O)c(O)c(C(=O)O)n1-c1ccc2c(c1)OCO2. The number of nitrogens with zero attached hydrogens (tertiary/aromatic N) is 1. The topological polar surface area (TPSA) is 138 Å². The number of carbonyl (C=O) groups is 2. The predicted molar refractivity (Wildman–Crippen MR) is 69.1 cm³/mol. The van der Waals surface area contributed by atoms with E-state index in [0.717, 1.165) is 4.57 Å². The van der Waals surface area contributed by atoms with Gasteiger partial charge in [0.05, 0.1) is 5.69 Å². The zero-order chi connectivity index (χ0) is 16.0. The molecular weight excluding hydrogens is 298 g/mol. The third-order valence-electron chi connectivity index (χ3n) is 3.14. The van der Waals surface area contributed by atoms with Gasteiger partial charge in [0.15, 0.2) is 34.4 Å². The minimum Gasteiger partial charge on any atom is -0.503 e. The lowest BCUT2D eigenvalue weighted by Gasteiger charge is -2.09. The zero-order valence-corrected chi connectivity index (χ0v) is 10.8. The van der Waals surface area contributed by atoms with E-state index >= 15 is 0 Å². The van der Waals surface area contributed by atoms with Gasteiger partial charge in [-0.15, -0.1) is 0 Å². The third-order valence-corrected chi connectivity index (χ3v) is 3.14. The van der Waals surface area contributed by atoms with Crippen molar-refractivity contribution in [3.63, 3.8) is 0 Å². The Kier molecular flexibility index (Phi) is 2.84. The molecule has 1 aromatic heterocycles. The smallest absolute Gasteiger partial charge is 0.356 e.